The number of benzene rings is 2. The van der Waals surface area contributed by atoms with Crippen molar-refractivity contribution < 1.29 is 19.1 Å². The predicted octanol–water partition coefficient (Wildman–Crippen LogP) is 4.64. The van der Waals surface area contributed by atoms with Crippen molar-refractivity contribution in [2.45, 2.75) is 27.2 Å². The highest BCUT2D eigenvalue weighted by atomic mass is 35.5. The number of carbonyl (C=O) groups is 2. The fourth-order valence-corrected chi connectivity index (χ4v) is 3.47. The third-order valence-electron chi connectivity index (χ3n) is 5.08. The Balaban J connectivity index is 1.66. The van der Waals surface area contributed by atoms with Crippen molar-refractivity contribution in [3.8, 4) is 17.5 Å². The molecule has 176 valence electrons. The number of nitrogens with zero attached hydrogens (tertiary/aromatic N) is 4. The molecule has 0 aliphatic rings. The number of hydrogen-bond acceptors (Lipinski definition) is 6. The number of nitriles is 1. The van der Waals surface area contributed by atoms with Crippen molar-refractivity contribution >= 4 is 29.2 Å². The summed E-state index contributed by atoms with van der Waals surface area (Å²) in [6.45, 7) is 5.82. The Morgan fingerprint density at radius 2 is 1.79 bits per heavy atom. The molecule has 0 unspecified atom stereocenters. The van der Waals surface area contributed by atoms with Crippen LogP contribution in [0.1, 0.15) is 35.1 Å². The van der Waals surface area contributed by atoms with E-state index in [4.69, 9.17) is 26.3 Å². The summed E-state index contributed by atoms with van der Waals surface area (Å²) in [5.74, 6) is -0.378. The maximum absolute atomic E-state index is 12.8. The van der Waals surface area contributed by atoms with Crippen molar-refractivity contribution in [2.24, 2.45) is 0 Å². The fourth-order valence-electron chi connectivity index (χ4n) is 3.35. The van der Waals surface area contributed by atoms with Crippen LogP contribution < -0.4 is 9.64 Å². The zero-order valence-corrected chi connectivity index (χ0v) is 20.0. The molecule has 3 aromatic rings. The number of rotatable bonds is 9. The van der Waals surface area contributed by atoms with E-state index in [-0.39, 0.29) is 13.0 Å². The van der Waals surface area contributed by atoms with E-state index in [2.05, 4.69) is 5.10 Å². The van der Waals surface area contributed by atoms with E-state index in [9.17, 15) is 9.59 Å². The van der Waals surface area contributed by atoms with E-state index in [0.29, 0.717) is 28.6 Å². The van der Waals surface area contributed by atoms with E-state index in [1.54, 1.807) is 53.2 Å². The van der Waals surface area contributed by atoms with Crippen molar-refractivity contribution in [1.82, 2.24) is 9.78 Å². The largest absolute Gasteiger partial charge is 0.494 e. The van der Waals surface area contributed by atoms with Gasteiger partial charge in [-0.3, -0.25) is 4.79 Å². The molecule has 2 aromatic carbocycles. The van der Waals surface area contributed by atoms with Gasteiger partial charge in [-0.15, -0.1) is 0 Å². The number of ether oxygens (including phenoxy) is 2. The molecule has 34 heavy (non-hydrogen) atoms. The quantitative estimate of drug-likeness (QED) is 0.414. The van der Waals surface area contributed by atoms with Crippen molar-refractivity contribution in [2.75, 3.05) is 24.7 Å². The van der Waals surface area contributed by atoms with E-state index in [1.807, 2.05) is 26.8 Å². The lowest BCUT2D eigenvalue weighted by atomic mass is 10.2. The minimum Gasteiger partial charge on any atom is -0.494 e. The summed E-state index contributed by atoms with van der Waals surface area (Å²) < 4.78 is 12.4. The third-order valence-corrected chi connectivity index (χ3v) is 5.63. The van der Waals surface area contributed by atoms with Crippen molar-refractivity contribution in [1.29, 1.82) is 5.26 Å². The second-order valence-corrected chi connectivity index (χ2v) is 7.78. The second kappa shape index (κ2) is 11.3. The predicted molar refractivity (Wildman–Crippen MR) is 129 cm³/mol. The first-order valence-electron chi connectivity index (χ1n) is 10.7. The van der Waals surface area contributed by atoms with Crippen molar-refractivity contribution in [3.05, 3.63) is 70.5 Å². The van der Waals surface area contributed by atoms with Crippen LogP contribution in [0.5, 0.6) is 5.75 Å². The first-order valence-corrected chi connectivity index (χ1v) is 11.1. The molecule has 3 rings (SSSR count). The van der Waals surface area contributed by atoms with Crippen LogP contribution >= 0.6 is 11.6 Å². The summed E-state index contributed by atoms with van der Waals surface area (Å²) in [5.41, 5.74) is 3.15. The molecule has 0 atom stereocenters. The minimum absolute atomic E-state index is 0.144. The fraction of sp³-hybridized carbons (Fsp3) is 0.280. The van der Waals surface area contributed by atoms with Crippen LogP contribution in [-0.4, -0.2) is 41.4 Å². The number of amides is 1. The summed E-state index contributed by atoms with van der Waals surface area (Å²) in [4.78, 5) is 26.7. The van der Waals surface area contributed by atoms with Crippen molar-refractivity contribution in [3.63, 3.8) is 0 Å². The molecular weight excluding hydrogens is 456 g/mol. The normalized spacial score (nSPS) is 10.4. The molecule has 0 aliphatic heterocycles. The molecule has 0 saturated heterocycles. The van der Waals surface area contributed by atoms with Gasteiger partial charge in [-0.05, 0) is 69.3 Å². The van der Waals surface area contributed by atoms with Crippen LogP contribution in [-0.2, 0) is 9.53 Å². The number of carbonyl (C=O) groups excluding carboxylic acids is 2. The molecule has 0 bridgehead atoms. The molecule has 1 aromatic heterocycles. The molecule has 0 saturated carbocycles. The number of anilines is 1. The molecule has 0 radical (unpaired) electrons. The van der Waals surface area contributed by atoms with Gasteiger partial charge >= 0.3 is 5.97 Å². The Bertz CT molecular complexity index is 1200. The van der Waals surface area contributed by atoms with E-state index < -0.39 is 18.5 Å². The first kappa shape index (κ1) is 24.8. The Morgan fingerprint density at radius 3 is 2.35 bits per heavy atom. The molecular formula is C25H25ClN4O4. The molecule has 1 heterocycles. The number of hydrogen-bond donors (Lipinski definition) is 0. The molecule has 0 N–H and O–H groups in total. The molecule has 1 amide bonds. The SMILES string of the molecule is CCOc1ccc(N(CCC#N)C(=O)COC(=O)c2ccc(-n3nc(C)c(Cl)c3C)cc2)cc1. The van der Waals surface area contributed by atoms with Gasteiger partial charge < -0.3 is 14.4 Å². The lowest BCUT2D eigenvalue weighted by Gasteiger charge is -2.22. The average Bonchev–Trinajstić information content (AvgIpc) is 3.11. The van der Waals surface area contributed by atoms with Gasteiger partial charge in [0.1, 0.15) is 5.75 Å². The first-order chi connectivity index (χ1) is 16.3. The van der Waals surface area contributed by atoms with Gasteiger partial charge in [0.25, 0.3) is 5.91 Å². The van der Waals surface area contributed by atoms with Gasteiger partial charge in [0, 0.05) is 12.2 Å². The van der Waals surface area contributed by atoms with Crippen LogP contribution in [0.4, 0.5) is 5.69 Å². The highest BCUT2D eigenvalue weighted by Gasteiger charge is 2.19. The number of esters is 1. The second-order valence-electron chi connectivity index (χ2n) is 7.40. The van der Waals surface area contributed by atoms with E-state index >= 15 is 0 Å². The maximum atomic E-state index is 12.8. The summed E-state index contributed by atoms with van der Waals surface area (Å²) >= 11 is 6.21. The van der Waals surface area contributed by atoms with Crippen LogP contribution in [0.2, 0.25) is 5.02 Å². The number of halogens is 1. The Morgan fingerprint density at radius 1 is 1.12 bits per heavy atom. The lowest BCUT2D eigenvalue weighted by molar-refractivity contribution is -0.121. The summed E-state index contributed by atoms with van der Waals surface area (Å²) in [5, 5.41) is 13.9. The third kappa shape index (κ3) is 5.74. The van der Waals surface area contributed by atoms with Crippen LogP contribution in [0.3, 0.4) is 0 Å². The lowest BCUT2D eigenvalue weighted by Crippen LogP contribution is -2.35. The minimum atomic E-state index is -0.627. The summed E-state index contributed by atoms with van der Waals surface area (Å²) in [6, 6.07) is 15.6. The Hall–Kier alpha value is -3.83. The number of aromatic nitrogens is 2. The highest BCUT2D eigenvalue weighted by Crippen LogP contribution is 2.23. The van der Waals surface area contributed by atoms with Gasteiger partial charge in [0.15, 0.2) is 6.61 Å². The highest BCUT2D eigenvalue weighted by molar-refractivity contribution is 6.31. The van der Waals surface area contributed by atoms with Gasteiger partial charge in [0.2, 0.25) is 0 Å². The van der Waals surface area contributed by atoms with Gasteiger partial charge in [-0.2, -0.15) is 10.4 Å². The standard InChI is InChI=1S/C25H25ClN4O4/c1-4-33-22-12-10-20(11-13-22)29(15-5-14-27)23(31)16-34-25(32)19-6-8-21(9-7-19)30-18(3)24(26)17(2)28-30/h6-13H,4-5,15-16H2,1-3H3. The molecule has 0 aliphatic carbocycles. The summed E-state index contributed by atoms with van der Waals surface area (Å²) in [6.07, 6.45) is 0.144. The van der Waals surface area contributed by atoms with Gasteiger partial charge in [0.05, 0.1) is 46.8 Å². The molecule has 8 nitrogen and oxygen atoms in total. The number of aryl methyl sites for hydroxylation is 1. The zero-order chi connectivity index (χ0) is 24.7. The monoisotopic (exact) mass is 480 g/mol. The smallest absolute Gasteiger partial charge is 0.338 e. The molecule has 9 heteroatoms. The van der Waals surface area contributed by atoms with Crippen LogP contribution in [0, 0.1) is 25.2 Å². The summed E-state index contributed by atoms with van der Waals surface area (Å²) in [7, 11) is 0. The zero-order valence-electron chi connectivity index (χ0n) is 19.2. The Labute approximate surface area is 203 Å². The Kier molecular flexibility index (Phi) is 8.28. The maximum Gasteiger partial charge on any atom is 0.338 e. The van der Waals surface area contributed by atoms with Crippen LogP contribution in [0.15, 0.2) is 48.5 Å². The van der Waals surface area contributed by atoms with Gasteiger partial charge in [-0.25, -0.2) is 9.48 Å². The molecule has 0 fully saturated rings. The average molecular weight is 481 g/mol. The van der Waals surface area contributed by atoms with E-state index in [1.165, 1.54) is 4.90 Å². The topological polar surface area (TPSA) is 97.5 Å². The van der Waals surface area contributed by atoms with E-state index in [0.717, 1.165) is 17.1 Å². The molecule has 0 spiro atoms. The van der Waals surface area contributed by atoms with Gasteiger partial charge in [-0.1, -0.05) is 11.6 Å². The van der Waals surface area contributed by atoms with Crippen LogP contribution in [0.25, 0.3) is 5.69 Å².